The molecule has 0 aliphatic carbocycles. The van der Waals surface area contributed by atoms with Crippen LogP contribution in [0.5, 0.6) is 0 Å². The first-order valence-electron chi connectivity index (χ1n) is 5.73. The highest BCUT2D eigenvalue weighted by Gasteiger charge is 2.33. The first-order chi connectivity index (χ1) is 8.01. The third-order valence-electron chi connectivity index (χ3n) is 1.73. The van der Waals surface area contributed by atoms with Gasteiger partial charge >= 0.3 is 16.3 Å². The fourth-order valence-electron chi connectivity index (χ4n) is 1.15. The largest absolute Gasteiger partial charge is 0.443 e. The Balaban J connectivity index is 5.03. The number of nitrogens with one attached hydrogen (secondary N) is 1. The molecule has 0 aromatic heterocycles. The fourth-order valence-corrected chi connectivity index (χ4v) is 2.45. The van der Waals surface area contributed by atoms with Gasteiger partial charge in [-0.15, -0.1) is 0 Å². The Labute approximate surface area is 109 Å². The third kappa shape index (κ3) is 5.65. The number of amides is 1. The molecule has 0 atom stereocenters. The molecular formula is C10H23N3O4S. The summed E-state index contributed by atoms with van der Waals surface area (Å²) < 4.78 is 31.8. The van der Waals surface area contributed by atoms with Gasteiger partial charge < -0.3 is 10.5 Å². The summed E-state index contributed by atoms with van der Waals surface area (Å²) in [6, 6.07) is -0.546. The van der Waals surface area contributed by atoms with E-state index in [9.17, 15) is 13.2 Å². The Kier molecular flexibility index (Phi) is 6.05. The van der Waals surface area contributed by atoms with Crippen molar-refractivity contribution in [1.82, 2.24) is 9.03 Å². The maximum absolute atomic E-state index is 11.9. The zero-order valence-corrected chi connectivity index (χ0v) is 12.4. The SMILES string of the molecule is CC(C)N(C(=O)OC(C)(C)C)S(=O)(=O)NCCN. The second kappa shape index (κ2) is 6.35. The molecule has 7 nitrogen and oxygen atoms in total. The maximum Gasteiger partial charge on any atom is 0.425 e. The second-order valence-corrected chi connectivity index (χ2v) is 6.69. The maximum atomic E-state index is 11.9. The van der Waals surface area contributed by atoms with Gasteiger partial charge in [-0.2, -0.15) is 17.4 Å². The van der Waals surface area contributed by atoms with Crippen molar-refractivity contribution in [3.63, 3.8) is 0 Å². The van der Waals surface area contributed by atoms with E-state index in [1.54, 1.807) is 34.6 Å². The van der Waals surface area contributed by atoms with Crippen LogP contribution in [0.25, 0.3) is 0 Å². The highest BCUT2D eigenvalue weighted by atomic mass is 32.2. The summed E-state index contributed by atoms with van der Waals surface area (Å²) in [6.45, 7) is 8.40. The van der Waals surface area contributed by atoms with Crippen LogP contribution in [0.1, 0.15) is 34.6 Å². The van der Waals surface area contributed by atoms with Gasteiger partial charge in [0.25, 0.3) is 0 Å². The number of nitrogens with zero attached hydrogens (tertiary/aromatic N) is 1. The normalized spacial score (nSPS) is 12.6. The number of rotatable bonds is 5. The van der Waals surface area contributed by atoms with Crippen molar-refractivity contribution in [2.24, 2.45) is 5.73 Å². The van der Waals surface area contributed by atoms with Crippen molar-refractivity contribution in [2.45, 2.75) is 46.3 Å². The summed E-state index contributed by atoms with van der Waals surface area (Å²) in [6.07, 6.45) is -0.901. The lowest BCUT2D eigenvalue weighted by Gasteiger charge is -2.29. The van der Waals surface area contributed by atoms with Gasteiger partial charge in [0.1, 0.15) is 5.60 Å². The Morgan fingerprint density at radius 1 is 1.39 bits per heavy atom. The van der Waals surface area contributed by atoms with E-state index < -0.39 is 27.9 Å². The van der Waals surface area contributed by atoms with Crippen LogP contribution < -0.4 is 10.5 Å². The highest BCUT2D eigenvalue weighted by molar-refractivity contribution is 7.87. The van der Waals surface area contributed by atoms with Gasteiger partial charge in [0.05, 0.1) is 0 Å². The summed E-state index contributed by atoms with van der Waals surface area (Å²) in [7, 11) is -3.93. The van der Waals surface area contributed by atoms with Gasteiger partial charge in [-0.25, -0.2) is 4.79 Å². The summed E-state index contributed by atoms with van der Waals surface area (Å²) in [5.74, 6) is 0. The topological polar surface area (TPSA) is 102 Å². The predicted molar refractivity (Wildman–Crippen MR) is 69.2 cm³/mol. The quantitative estimate of drug-likeness (QED) is 0.760. The van der Waals surface area contributed by atoms with Crippen LogP contribution in [-0.2, 0) is 14.9 Å². The van der Waals surface area contributed by atoms with E-state index in [2.05, 4.69) is 4.72 Å². The molecule has 3 N–H and O–H groups in total. The molecule has 0 rings (SSSR count). The predicted octanol–water partition coefficient (Wildman–Crippen LogP) is 0.425. The molecule has 0 aromatic carbocycles. The molecule has 0 unspecified atom stereocenters. The molecule has 108 valence electrons. The summed E-state index contributed by atoms with van der Waals surface area (Å²) in [5, 5.41) is 0. The molecule has 0 saturated heterocycles. The van der Waals surface area contributed by atoms with Crippen molar-refractivity contribution in [3.8, 4) is 0 Å². The molecule has 0 bridgehead atoms. The summed E-state index contributed by atoms with van der Waals surface area (Å²) >= 11 is 0. The summed E-state index contributed by atoms with van der Waals surface area (Å²) in [4.78, 5) is 11.9. The molecular weight excluding hydrogens is 258 g/mol. The Morgan fingerprint density at radius 3 is 2.22 bits per heavy atom. The van der Waals surface area contributed by atoms with Gasteiger partial charge in [-0.05, 0) is 34.6 Å². The molecule has 8 heteroatoms. The fraction of sp³-hybridized carbons (Fsp3) is 0.900. The standard InChI is InChI=1S/C10H23N3O4S/c1-8(2)13(9(14)17-10(3,4)5)18(15,16)12-7-6-11/h8,12H,6-7,11H2,1-5H3. The van der Waals surface area contributed by atoms with E-state index in [0.29, 0.717) is 4.31 Å². The first-order valence-corrected chi connectivity index (χ1v) is 7.17. The van der Waals surface area contributed by atoms with E-state index >= 15 is 0 Å². The number of hydrogen-bond acceptors (Lipinski definition) is 5. The minimum absolute atomic E-state index is 0.0638. The van der Waals surface area contributed by atoms with Crippen molar-refractivity contribution >= 4 is 16.3 Å². The Bertz CT molecular complexity index is 373. The van der Waals surface area contributed by atoms with Crippen molar-refractivity contribution < 1.29 is 17.9 Å². The van der Waals surface area contributed by atoms with Crippen LogP contribution >= 0.6 is 0 Å². The van der Waals surface area contributed by atoms with Gasteiger partial charge in [-0.3, -0.25) is 0 Å². The van der Waals surface area contributed by atoms with Gasteiger partial charge in [0, 0.05) is 19.1 Å². The molecule has 0 saturated carbocycles. The number of carbonyl (C=O) groups excluding carboxylic acids is 1. The average Bonchev–Trinajstić information content (AvgIpc) is 2.10. The van der Waals surface area contributed by atoms with E-state index in [1.165, 1.54) is 0 Å². The van der Waals surface area contributed by atoms with E-state index in [0.717, 1.165) is 0 Å². The van der Waals surface area contributed by atoms with Crippen LogP contribution in [-0.4, -0.2) is 43.5 Å². The molecule has 0 spiro atoms. The first kappa shape index (κ1) is 17.1. The van der Waals surface area contributed by atoms with Crippen LogP contribution in [0.3, 0.4) is 0 Å². The molecule has 18 heavy (non-hydrogen) atoms. The minimum Gasteiger partial charge on any atom is -0.443 e. The lowest BCUT2D eigenvalue weighted by atomic mass is 10.2. The van der Waals surface area contributed by atoms with E-state index in [1.807, 2.05) is 0 Å². The molecule has 0 heterocycles. The smallest absolute Gasteiger partial charge is 0.425 e. The van der Waals surface area contributed by atoms with Crippen LogP contribution in [0.2, 0.25) is 0 Å². The molecule has 1 amide bonds. The number of ether oxygens (including phenoxy) is 1. The molecule has 0 aliphatic heterocycles. The zero-order valence-electron chi connectivity index (χ0n) is 11.6. The molecule has 0 aliphatic rings. The van der Waals surface area contributed by atoms with Gasteiger partial charge in [0.15, 0.2) is 0 Å². The van der Waals surface area contributed by atoms with Gasteiger partial charge in [0.2, 0.25) is 0 Å². The van der Waals surface area contributed by atoms with Crippen LogP contribution in [0, 0.1) is 0 Å². The number of nitrogens with two attached hydrogens (primary N) is 1. The van der Waals surface area contributed by atoms with Crippen LogP contribution in [0.4, 0.5) is 4.79 Å². The number of hydrogen-bond donors (Lipinski definition) is 2. The highest BCUT2D eigenvalue weighted by Crippen LogP contribution is 2.14. The van der Waals surface area contributed by atoms with Gasteiger partial charge in [-0.1, -0.05) is 0 Å². The second-order valence-electron chi connectivity index (χ2n) is 5.06. The van der Waals surface area contributed by atoms with Crippen molar-refractivity contribution in [3.05, 3.63) is 0 Å². The molecule has 0 fully saturated rings. The Morgan fingerprint density at radius 2 is 1.89 bits per heavy atom. The lowest BCUT2D eigenvalue weighted by Crippen LogP contribution is -2.50. The van der Waals surface area contributed by atoms with Crippen molar-refractivity contribution in [1.29, 1.82) is 0 Å². The monoisotopic (exact) mass is 281 g/mol. The molecule has 0 radical (unpaired) electrons. The lowest BCUT2D eigenvalue weighted by molar-refractivity contribution is 0.0355. The van der Waals surface area contributed by atoms with E-state index in [4.69, 9.17) is 10.5 Å². The van der Waals surface area contributed by atoms with E-state index in [-0.39, 0.29) is 13.1 Å². The Hall–Kier alpha value is -0.860. The summed E-state index contributed by atoms with van der Waals surface area (Å²) in [5.41, 5.74) is 4.47. The third-order valence-corrected chi connectivity index (χ3v) is 3.39. The minimum atomic E-state index is -3.93. The van der Waals surface area contributed by atoms with Crippen molar-refractivity contribution in [2.75, 3.05) is 13.1 Å². The zero-order chi connectivity index (χ0) is 14.6. The average molecular weight is 281 g/mol. The van der Waals surface area contributed by atoms with Crippen LogP contribution in [0.15, 0.2) is 0 Å². The molecule has 0 aromatic rings. The number of carbonyl (C=O) groups is 1.